The zero-order chi connectivity index (χ0) is 15.0. The molecule has 6 heteroatoms. The highest BCUT2D eigenvalue weighted by Gasteiger charge is 2.23. The number of nitrogen functional groups attached to an aromatic ring is 1. The van der Waals surface area contributed by atoms with Crippen LogP contribution in [-0.2, 0) is 13.0 Å². The largest absolute Gasteiger partial charge is 0.397 e. The molecule has 3 rings (SSSR count). The lowest BCUT2D eigenvalue weighted by Gasteiger charge is -2.21. The SMILES string of the molecule is Nc1cccc2c1N(Cc1cccc([N+](=O)[O-])c1Br)CC2. The third kappa shape index (κ3) is 2.47. The Morgan fingerprint density at radius 3 is 2.81 bits per heavy atom. The van der Waals surface area contributed by atoms with Crippen LogP contribution in [0.15, 0.2) is 40.9 Å². The van der Waals surface area contributed by atoms with Crippen LogP contribution < -0.4 is 10.6 Å². The molecule has 0 aromatic heterocycles. The minimum atomic E-state index is -0.375. The van der Waals surface area contributed by atoms with E-state index < -0.39 is 0 Å². The average molecular weight is 348 g/mol. The first-order valence-corrected chi connectivity index (χ1v) is 7.41. The number of nitrogens with zero attached hydrogens (tertiary/aromatic N) is 2. The molecule has 0 saturated heterocycles. The van der Waals surface area contributed by atoms with Gasteiger partial charge in [-0.15, -0.1) is 0 Å². The third-order valence-electron chi connectivity index (χ3n) is 3.73. The van der Waals surface area contributed by atoms with E-state index in [1.54, 1.807) is 6.07 Å². The van der Waals surface area contributed by atoms with Gasteiger partial charge in [0.25, 0.3) is 5.69 Å². The van der Waals surface area contributed by atoms with Gasteiger partial charge in [0.1, 0.15) is 4.47 Å². The second-order valence-corrected chi connectivity index (χ2v) is 5.83. The normalized spacial score (nSPS) is 13.3. The number of anilines is 2. The minimum Gasteiger partial charge on any atom is -0.397 e. The van der Waals surface area contributed by atoms with E-state index in [-0.39, 0.29) is 10.6 Å². The Kier molecular flexibility index (Phi) is 3.55. The minimum absolute atomic E-state index is 0.0907. The molecule has 1 aliphatic rings. The van der Waals surface area contributed by atoms with Crippen molar-refractivity contribution in [2.75, 3.05) is 17.2 Å². The molecule has 0 radical (unpaired) electrons. The topological polar surface area (TPSA) is 72.4 Å². The van der Waals surface area contributed by atoms with E-state index in [4.69, 9.17) is 5.73 Å². The fraction of sp³-hybridized carbons (Fsp3) is 0.200. The van der Waals surface area contributed by atoms with Gasteiger partial charge in [-0.05, 0) is 39.5 Å². The number of nitrogens with two attached hydrogens (primary N) is 1. The second-order valence-electron chi connectivity index (χ2n) is 5.03. The summed E-state index contributed by atoms with van der Waals surface area (Å²) in [5.41, 5.74) is 10.1. The lowest BCUT2D eigenvalue weighted by atomic mass is 10.1. The molecule has 0 atom stereocenters. The van der Waals surface area contributed by atoms with Crippen molar-refractivity contribution in [2.45, 2.75) is 13.0 Å². The molecule has 0 aliphatic carbocycles. The zero-order valence-corrected chi connectivity index (χ0v) is 12.8. The smallest absolute Gasteiger partial charge is 0.283 e. The molecule has 1 aliphatic heterocycles. The third-order valence-corrected chi connectivity index (χ3v) is 4.65. The summed E-state index contributed by atoms with van der Waals surface area (Å²) in [5, 5.41) is 11.0. The molecule has 2 aromatic carbocycles. The van der Waals surface area contributed by atoms with Crippen LogP contribution in [0.2, 0.25) is 0 Å². The molecule has 0 amide bonds. The highest BCUT2D eigenvalue weighted by molar-refractivity contribution is 9.10. The molecule has 0 spiro atoms. The Morgan fingerprint density at radius 1 is 1.29 bits per heavy atom. The van der Waals surface area contributed by atoms with Gasteiger partial charge >= 0.3 is 0 Å². The van der Waals surface area contributed by atoms with Gasteiger partial charge in [0.2, 0.25) is 0 Å². The highest BCUT2D eigenvalue weighted by atomic mass is 79.9. The summed E-state index contributed by atoms with van der Waals surface area (Å²) in [7, 11) is 0. The molecule has 0 saturated carbocycles. The van der Waals surface area contributed by atoms with Crippen LogP contribution >= 0.6 is 15.9 Å². The van der Waals surface area contributed by atoms with Gasteiger partial charge in [0.15, 0.2) is 0 Å². The van der Waals surface area contributed by atoms with Crippen LogP contribution in [0.1, 0.15) is 11.1 Å². The number of nitro benzene ring substituents is 1. The first-order valence-electron chi connectivity index (χ1n) is 6.62. The van der Waals surface area contributed by atoms with Gasteiger partial charge in [-0.1, -0.05) is 24.3 Å². The Morgan fingerprint density at radius 2 is 2.05 bits per heavy atom. The lowest BCUT2D eigenvalue weighted by molar-refractivity contribution is -0.385. The summed E-state index contributed by atoms with van der Waals surface area (Å²) in [6.45, 7) is 1.47. The predicted octanol–water partition coefficient (Wildman–Crippen LogP) is 3.50. The molecule has 2 N–H and O–H groups in total. The van der Waals surface area contributed by atoms with Crippen molar-refractivity contribution < 1.29 is 4.92 Å². The van der Waals surface area contributed by atoms with Gasteiger partial charge in [0.05, 0.1) is 16.3 Å². The molecular formula is C15H14BrN3O2. The Balaban J connectivity index is 1.94. The van der Waals surface area contributed by atoms with Gasteiger partial charge in [0, 0.05) is 19.2 Å². The molecule has 5 nitrogen and oxygen atoms in total. The Bertz CT molecular complexity index is 718. The Hall–Kier alpha value is -2.08. The maximum Gasteiger partial charge on any atom is 0.283 e. The van der Waals surface area contributed by atoms with E-state index in [1.807, 2.05) is 18.2 Å². The van der Waals surface area contributed by atoms with Crippen molar-refractivity contribution in [3.8, 4) is 0 Å². The summed E-state index contributed by atoms with van der Waals surface area (Å²) in [6.07, 6.45) is 0.951. The van der Waals surface area contributed by atoms with E-state index in [9.17, 15) is 10.1 Å². The maximum atomic E-state index is 11.0. The molecule has 21 heavy (non-hydrogen) atoms. The molecule has 0 bridgehead atoms. The van der Waals surface area contributed by atoms with Crippen LogP contribution in [0.4, 0.5) is 17.1 Å². The molecular weight excluding hydrogens is 334 g/mol. The number of nitro groups is 1. The van der Waals surface area contributed by atoms with Gasteiger partial charge in [-0.2, -0.15) is 0 Å². The van der Waals surface area contributed by atoms with Crippen molar-refractivity contribution >= 4 is 33.0 Å². The van der Waals surface area contributed by atoms with Crippen LogP contribution in [0.25, 0.3) is 0 Å². The summed E-state index contributed by atoms with van der Waals surface area (Å²) < 4.78 is 0.540. The summed E-state index contributed by atoms with van der Waals surface area (Å²) >= 11 is 3.35. The van der Waals surface area contributed by atoms with Crippen LogP contribution in [0.5, 0.6) is 0 Å². The van der Waals surface area contributed by atoms with Crippen molar-refractivity contribution in [3.05, 3.63) is 62.1 Å². The predicted molar refractivity (Wildman–Crippen MR) is 86.4 cm³/mol. The van der Waals surface area contributed by atoms with Gasteiger partial charge in [-0.3, -0.25) is 10.1 Å². The molecule has 2 aromatic rings. The molecule has 1 heterocycles. The second kappa shape index (κ2) is 5.37. The number of hydrogen-bond donors (Lipinski definition) is 1. The van der Waals surface area contributed by atoms with E-state index in [0.29, 0.717) is 11.0 Å². The van der Waals surface area contributed by atoms with E-state index >= 15 is 0 Å². The maximum absolute atomic E-state index is 11.0. The number of hydrogen-bond acceptors (Lipinski definition) is 4. The number of benzene rings is 2. The first kappa shape index (κ1) is 13.9. The van der Waals surface area contributed by atoms with Gasteiger partial charge in [-0.25, -0.2) is 0 Å². The van der Waals surface area contributed by atoms with E-state index in [2.05, 4.69) is 26.9 Å². The van der Waals surface area contributed by atoms with Crippen molar-refractivity contribution in [2.24, 2.45) is 0 Å². The van der Waals surface area contributed by atoms with Crippen LogP contribution in [0.3, 0.4) is 0 Å². The number of halogens is 1. The standard InChI is InChI=1S/C15H14BrN3O2/c16-14-11(4-2-6-13(14)19(20)21)9-18-8-7-10-3-1-5-12(17)15(10)18/h1-6H,7-9,17H2. The first-order chi connectivity index (χ1) is 10.1. The lowest BCUT2D eigenvalue weighted by Crippen LogP contribution is -2.21. The van der Waals surface area contributed by atoms with Crippen LogP contribution in [0, 0.1) is 10.1 Å². The van der Waals surface area contributed by atoms with Crippen molar-refractivity contribution in [3.63, 3.8) is 0 Å². The number of para-hydroxylation sites is 1. The Labute approximate surface area is 130 Å². The highest BCUT2D eigenvalue weighted by Crippen LogP contribution is 2.36. The zero-order valence-electron chi connectivity index (χ0n) is 11.3. The van der Waals surface area contributed by atoms with Crippen LogP contribution in [-0.4, -0.2) is 11.5 Å². The molecule has 0 fully saturated rings. The van der Waals surface area contributed by atoms with Gasteiger partial charge < -0.3 is 10.6 Å². The monoisotopic (exact) mass is 347 g/mol. The number of fused-ring (bicyclic) bond motifs is 1. The fourth-order valence-corrected chi connectivity index (χ4v) is 3.29. The summed E-state index contributed by atoms with van der Waals surface area (Å²) in [5.74, 6) is 0. The quantitative estimate of drug-likeness (QED) is 0.523. The summed E-state index contributed by atoms with van der Waals surface area (Å²) in [4.78, 5) is 12.8. The van der Waals surface area contributed by atoms with E-state index in [1.165, 1.54) is 11.6 Å². The van der Waals surface area contributed by atoms with E-state index in [0.717, 1.165) is 29.9 Å². The summed E-state index contributed by atoms with van der Waals surface area (Å²) in [6, 6.07) is 11.0. The van der Waals surface area contributed by atoms with Crippen molar-refractivity contribution in [1.29, 1.82) is 0 Å². The average Bonchev–Trinajstić information content (AvgIpc) is 2.85. The molecule has 108 valence electrons. The van der Waals surface area contributed by atoms with Crippen molar-refractivity contribution in [1.82, 2.24) is 0 Å². The molecule has 0 unspecified atom stereocenters. The fourth-order valence-electron chi connectivity index (χ4n) is 2.76. The number of rotatable bonds is 3.